The van der Waals surface area contributed by atoms with Crippen LogP contribution >= 0.6 is 0 Å². The van der Waals surface area contributed by atoms with Crippen molar-refractivity contribution >= 4 is 11.6 Å². The number of nitrogens with zero attached hydrogens (tertiary/aromatic N) is 3. The van der Waals surface area contributed by atoms with Crippen LogP contribution in [0, 0.1) is 6.92 Å². The number of anilines is 1. The van der Waals surface area contributed by atoms with Crippen LogP contribution in [0.4, 0.5) is 5.69 Å². The summed E-state index contributed by atoms with van der Waals surface area (Å²) in [6.07, 6.45) is 4.61. The van der Waals surface area contributed by atoms with Gasteiger partial charge in [-0.2, -0.15) is 5.10 Å². The molecular weight excluding hydrogens is 216 g/mol. The van der Waals surface area contributed by atoms with E-state index in [9.17, 15) is 4.79 Å². The van der Waals surface area contributed by atoms with Crippen LogP contribution in [-0.4, -0.2) is 33.7 Å². The van der Waals surface area contributed by atoms with Crippen molar-refractivity contribution in [1.82, 2.24) is 14.7 Å². The molecule has 0 saturated heterocycles. The summed E-state index contributed by atoms with van der Waals surface area (Å²) < 4.78 is 1.58. The molecule has 0 unspecified atom stereocenters. The molecule has 17 heavy (non-hydrogen) atoms. The molecule has 0 spiro atoms. The van der Waals surface area contributed by atoms with Gasteiger partial charge in [-0.1, -0.05) is 12.8 Å². The molecule has 0 atom stereocenters. The lowest BCUT2D eigenvalue weighted by molar-refractivity contribution is 0.0725. The zero-order valence-electron chi connectivity index (χ0n) is 10.7. The molecule has 5 nitrogen and oxygen atoms in total. The maximum atomic E-state index is 12.4. The van der Waals surface area contributed by atoms with Crippen LogP contribution in [0.3, 0.4) is 0 Å². The van der Waals surface area contributed by atoms with Crippen LogP contribution in [0.5, 0.6) is 0 Å². The molecule has 1 aromatic rings. The predicted molar refractivity (Wildman–Crippen MR) is 66.7 cm³/mol. The standard InChI is InChI=1S/C12H20N4O/c1-8-10(13)11(16(3)14-8)12(17)15(2)9-6-4-5-7-9/h9H,4-7,13H2,1-3H3. The van der Waals surface area contributed by atoms with Gasteiger partial charge in [0.1, 0.15) is 5.69 Å². The number of amides is 1. The Balaban J connectivity index is 2.24. The lowest BCUT2D eigenvalue weighted by atomic mass is 10.2. The van der Waals surface area contributed by atoms with Crippen molar-refractivity contribution in [2.75, 3.05) is 12.8 Å². The van der Waals surface area contributed by atoms with Gasteiger partial charge >= 0.3 is 0 Å². The molecule has 2 rings (SSSR count). The van der Waals surface area contributed by atoms with Crippen molar-refractivity contribution in [2.24, 2.45) is 7.05 Å². The lowest BCUT2D eigenvalue weighted by Crippen LogP contribution is -2.36. The zero-order chi connectivity index (χ0) is 12.6. The Labute approximate surface area is 102 Å². The largest absolute Gasteiger partial charge is 0.395 e. The minimum atomic E-state index is -0.0162. The zero-order valence-corrected chi connectivity index (χ0v) is 10.7. The molecule has 0 aliphatic heterocycles. The third-order valence-corrected chi connectivity index (χ3v) is 3.66. The van der Waals surface area contributed by atoms with Crippen molar-refractivity contribution in [1.29, 1.82) is 0 Å². The summed E-state index contributed by atoms with van der Waals surface area (Å²) in [6.45, 7) is 1.82. The van der Waals surface area contributed by atoms with E-state index in [1.165, 1.54) is 12.8 Å². The highest BCUT2D eigenvalue weighted by atomic mass is 16.2. The maximum absolute atomic E-state index is 12.4. The summed E-state index contributed by atoms with van der Waals surface area (Å²) in [6, 6.07) is 0.358. The van der Waals surface area contributed by atoms with Crippen LogP contribution < -0.4 is 5.73 Å². The van der Waals surface area contributed by atoms with Crippen molar-refractivity contribution in [3.05, 3.63) is 11.4 Å². The smallest absolute Gasteiger partial charge is 0.274 e. The van der Waals surface area contributed by atoms with Crippen LogP contribution in [0.15, 0.2) is 0 Å². The van der Waals surface area contributed by atoms with Gasteiger partial charge in [0, 0.05) is 20.1 Å². The van der Waals surface area contributed by atoms with Gasteiger partial charge in [-0.3, -0.25) is 9.48 Å². The highest BCUT2D eigenvalue weighted by Gasteiger charge is 2.27. The second-order valence-electron chi connectivity index (χ2n) is 4.83. The first kappa shape index (κ1) is 12.0. The monoisotopic (exact) mass is 236 g/mol. The average molecular weight is 236 g/mol. The van der Waals surface area contributed by atoms with Crippen LogP contribution in [0.2, 0.25) is 0 Å². The summed E-state index contributed by atoms with van der Waals surface area (Å²) in [5.74, 6) is -0.0162. The molecule has 1 saturated carbocycles. The fourth-order valence-corrected chi connectivity index (χ4v) is 2.55. The number of rotatable bonds is 2. The fourth-order valence-electron chi connectivity index (χ4n) is 2.55. The summed E-state index contributed by atoms with van der Waals surface area (Å²) >= 11 is 0. The Morgan fingerprint density at radius 2 is 2.06 bits per heavy atom. The summed E-state index contributed by atoms with van der Waals surface area (Å²) in [7, 11) is 3.62. The first-order valence-electron chi connectivity index (χ1n) is 6.08. The fraction of sp³-hybridized carbons (Fsp3) is 0.667. The van der Waals surface area contributed by atoms with Crippen molar-refractivity contribution in [3.63, 3.8) is 0 Å². The quantitative estimate of drug-likeness (QED) is 0.842. The molecule has 0 radical (unpaired) electrons. The van der Waals surface area contributed by atoms with Gasteiger partial charge in [0.15, 0.2) is 0 Å². The first-order valence-corrected chi connectivity index (χ1v) is 6.08. The van der Waals surface area contributed by atoms with E-state index in [4.69, 9.17) is 5.73 Å². The Morgan fingerprint density at radius 1 is 1.47 bits per heavy atom. The molecular formula is C12H20N4O. The van der Waals surface area contributed by atoms with Gasteiger partial charge in [-0.15, -0.1) is 0 Å². The minimum absolute atomic E-state index is 0.0162. The van der Waals surface area contributed by atoms with Crippen molar-refractivity contribution in [2.45, 2.75) is 38.6 Å². The molecule has 5 heteroatoms. The highest BCUT2D eigenvalue weighted by molar-refractivity contribution is 5.98. The van der Waals surface area contributed by atoms with Crippen LogP contribution in [0.25, 0.3) is 0 Å². The van der Waals surface area contributed by atoms with E-state index in [1.54, 1.807) is 11.7 Å². The molecule has 1 fully saturated rings. The molecule has 1 aliphatic rings. The number of nitrogens with two attached hydrogens (primary N) is 1. The normalized spacial score (nSPS) is 16.4. The third kappa shape index (κ3) is 2.01. The Kier molecular flexibility index (Phi) is 3.09. The summed E-state index contributed by atoms with van der Waals surface area (Å²) in [5.41, 5.74) is 7.64. The van der Waals surface area contributed by atoms with E-state index in [1.807, 2.05) is 18.9 Å². The van der Waals surface area contributed by atoms with E-state index in [2.05, 4.69) is 5.10 Å². The minimum Gasteiger partial charge on any atom is -0.395 e. The second-order valence-corrected chi connectivity index (χ2v) is 4.83. The van der Waals surface area contributed by atoms with Crippen molar-refractivity contribution < 1.29 is 4.79 Å². The molecule has 0 aromatic carbocycles. The van der Waals surface area contributed by atoms with E-state index >= 15 is 0 Å². The maximum Gasteiger partial charge on any atom is 0.274 e. The Bertz CT molecular complexity index is 432. The number of aryl methyl sites for hydroxylation is 2. The summed E-state index contributed by atoms with van der Waals surface area (Å²) in [4.78, 5) is 14.2. The molecule has 1 aromatic heterocycles. The van der Waals surface area contributed by atoms with Gasteiger partial charge < -0.3 is 10.6 Å². The first-order chi connectivity index (χ1) is 8.02. The second kappa shape index (κ2) is 4.39. The van der Waals surface area contributed by atoms with Gasteiger partial charge in [0.05, 0.1) is 11.4 Å². The molecule has 1 aliphatic carbocycles. The van der Waals surface area contributed by atoms with E-state index < -0.39 is 0 Å². The third-order valence-electron chi connectivity index (χ3n) is 3.66. The number of carbonyl (C=O) groups excluding carboxylic acids is 1. The molecule has 94 valence electrons. The van der Waals surface area contributed by atoms with Gasteiger partial charge in [0.2, 0.25) is 0 Å². The van der Waals surface area contributed by atoms with E-state index in [0.29, 0.717) is 17.4 Å². The van der Waals surface area contributed by atoms with E-state index in [-0.39, 0.29) is 5.91 Å². The molecule has 1 heterocycles. The number of hydrogen-bond acceptors (Lipinski definition) is 3. The highest BCUT2D eigenvalue weighted by Crippen LogP contribution is 2.25. The SMILES string of the molecule is Cc1nn(C)c(C(=O)N(C)C2CCCC2)c1N. The van der Waals surface area contributed by atoms with Gasteiger partial charge in [-0.05, 0) is 19.8 Å². The average Bonchev–Trinajstić information content (AvgIpc) is 2.87. The van der Waals surface area contributed by atoms with Crippen LogP contribution in [-0.2, 0) is 7.05 Å². The number of nitrogen functional groups attached to an aromatic ring is 1. The topological polar surface area (TPSA) is 64.2 Å². The molecule has 2 N–H and O–H groups in total. The van der Waals surface area contributed by atoms with Crippen molar-refractivity contribution in [3.8, 4) is 0 Å². The molecule has 0 bridgehead atoms. The van der Waals surface area contributed by atoms with Gasteiger partial charge in [0.25, 0.3) is 5.91 Å². The Hall–Kier alpha value is -1.52. The van der Waals surface area contributed by atoms with E-state index in [0.717, 1.165) is 18.5 Å². The number of aromatic nitrogens is 2. The number of carbonyl (C=O) groups is 1. The number of hydrogen-bond donors (Lipinski definition) is 1. The lowest BCUT2D eigenvalue weighted by Gasteiger charge is -2.24. The summed E-state index contributed by atoms with van der Waals surface area (Å²) in [5, 5.41) is 4.18. The Morgan fingerprint density at radius 3 is 2.53 bits per heavy atom. The van der Waals surface area contributed by atoms with Crippen LogP contribution in [0.1, 0.15) is 41.9 Å². The molecule has 1 amide bonds. The predicted octanol–water partition coefficient (Wildman–Crippen LogP) is 1.33. The van der Waals surface area contributed by atoms with Gasteiger partial charge in [-0.25, -0.2) is 0 Å².